The molecule has 0 aromatic carbocycles. The van der Waals surface area contributed by atoms with Crippen molar-refractivity contribution in [3.8, 4) is 0 Å². The zero-order valence-corrected chi connectivity index (χ0v) is 12.4. The van der Waals surface area contributed by atoms with E-state index in [2.05, 4.69) is 0 Å². The second-order valence-electron chi connectivity index (χ2n) is 5.45. The molecule has 20 heavy (non-hydrogen) atoms. The number of nitrogens with zero attached hydrogens (tertiary/aromatic N) is 2. The van der Waals surface area contributed by atoms with Gasteiger partial charge in [-0.25, -0.2) is 12.7 Å². The number of amides is 1. The molecule has 0 spiro atoms. The number of rotatable bonds is 3. The van der Waals surface area contributed by atoms with Gasteiger partial charge < -0.3 is 15.1 Å². The van der Waals surface area contributed by atoms with Gasteiger partial charge in [-0.05, 0) is 19.8 Å². The van der Waals surface area contributed by atoms with Gasteiger partial charge in [-0.1, -0.05) is 0 Å². The van der Waals surface area contributed by atoms with E-state index in [0.717, 1.165) is 0 Å². The second-order valence-corrected chi connectivity index (χ2v) is 7.71. The van der Waals surface area contributed by atoms with Crippen molar-refractivity contribution in [2.75, 3.05) is 31.9 Å². The van der Waals surface area contributed by atoms with Gasteiger partial charge in [0.15, 0.2) is 0 Å². The van der Waals surface area contributed by atoms with Gasteiger partial charge in [0.2, 0.25) is 15.9 Å². The summed E-state index contributed by atoms with van der Waals surface area (Å²) in [6.45, 7) is 2.66. The lowest BCUT2D eigenvalue weighted by molar-refractivity contribution is -0.136. The van der Waals surface area contributed by atoms with Crippen LogP contribution >= 0.6 is 0 Å². The fraction of sp³-hybridized carbons (Fsp3) is 0.917. The Morgan fingerprint density at radius 1 is 1.15 bits per heavy atom. The van der Waals surface area contributed by atoms with Gasteiger partial charge in [-0.2, -0.15) is 0 Å². The third kappa shape index (κ3) is 3.13. The van der Waals surface area contributed by atoms with Crippen molar-refractivity contribution in [1.29, 1.82) is 0 Å². The quantitative estimate of drug-likeness (QED) is 0.669. The number of hydrogen-bond donors (Lipinski definition) is 2. The lowest BCUT2D eigenvalue weighted by Crippen LogP contribution is -2.44. The topological polar surface area (TPSA) is 98.2 Å². The smallest absolute Gasteiger partial charge is 0.225 e. The number of aliphatic hydroxyl groups excluding tert-OH is 2. The highest BCUT2D eigenvalue weighted by Crippen LogP contribution is 2.23. The van der Waals surface area contributed by atoms with Crippen molar-refractivity contribution in [3.63, 3.8) is 0 Å². The van der Waals surface area contributed by atoms with E-state index in [1.807, 2.05) is 0 Å². The molecule has 0 aromatic heterocycles. The third-order valence-electron chi connectivity index (χ3n) is 4.13. The number of aliphatic hydroxyl groups is 2. The molecule has 0 radical (unpaired) electrons. The molecule has 7 nitrogen and oxygen atoms in total. The van der Waals surface area contributed by atoms with E-state index in [9.17, 15) is 23.4 Å². The van der Waals surface area contributed by atoms with E-state index in [-0.39, 0.29) is 30.7 Å². The minimum absolute atomic E-state index is 0.0795. The largest absolute Gasteiger partial charge is 0.388 e. The van der Waals surface area contributed by atoms with E-state index >= 15 is 0 Å². The van der Waals surface area contributed by atoms with Crippen LogP contribution in [-0.2, 0) is 14.8 Å². The number of likely N-dealkylation sites (tertiary alicyclic amines) is 1. The van der Waals surface area contributed by atoms with Crippen LogP contribution < -0.4 is 0 Å². The summed E-state index contributed by atoms with van der Waals surface area (Å²) in [6, 6.07) is 0. The van der Waals surface area contributed by atoms with Gasteiger partial charge in [0, 0.05) is 32.1 Å². The fourth-order valence-electron chi connectivity index (χ4n) is 2.77. The molecule has 2 aliphatic rings. The number of carbonyl (C=O) groups is 1. The number of β-amino-alcohol motifs (C(OH)–C–C–N with tert-alkyl or cyclic N) is 2. The molecule has 2 saturated heterocycles. The molecular weight excluding hydrogens is 284 g/mol. The van der Waals surface area contributed by atoms with Gasteiger partial charge in [-0.15, -0.1) is 0 Å². The Kier molecular flexibility index (Phi) is 4.68. The Hall–Kier alpha value is -0.700. The summed E-state index contributed by atoms with van der Waals surface area (Å²) in [5, 5.41) is 18.9. The number of piperidine rings is 1. The predicted molar refractivity (Wildman–Crippen MR) is 72.4 cm³/mol. The Morgan fingerprint density at radius 3 is 2.10 bits per heavy atom. The lowest BCUT2D eigenvalue weighted by Gasteiger charge is -2.32. The molecule has 1 amide bonds. The van der Waals surface area contributed by atoms with Crippen LogP contribution in [0.3, 0.4) is 0 Å². The molecule has 0 aliphatic carbocycles. The average molecular weight is 306 g/mol. The zero-order valence-electron chi connectivity index (χ0n) is 11.6. The Labute approximate surface area is 119 Å². The second kappa shape index (κ2) is 5.97. The Balaban J connectivity index is 1.90. The fourth-order valence-corrected chi connectivity index (χ4v) is 3.90. The Morgan fingerprint density at radius 2 is 1.65 bits per heavy atom. The summed E-state index contributed by atoms with van der Waals surface area (Å²) >= 11 is 0. The molecule has 116 valence electrons. The molecule has 8 heteroatoms. The van der Waals surface area contributed by atoms with Crippen LogP contribution in [0.1, 0.15) is 19.8 Å². The first-order valence-corrected chi connectivity index (χ1v) is 8.58. The summed E-state index contributed by atoms with van der Waals surface area (Å²) in [5.74, 6) is -0.221. The van der Waals surface area contributed by atoms with E-state index in [4.69, 9.17) is 0 Å². The van der Waals surface area contributed by atoms with Gasteiger partial charge in [-0.3, -0.25) is 4.79 Å². The molecule has 2 N–H and O–H groups in total. The SMILES string of the molecule is CCS(=O)(=O)N1CCC(C(=O)N2C[C@@H](O)[C@@H](O)C2)CC1. The minimum Gasteiger partial charge on any atom is -0.388 e. The van der Waals surface area contributed by atoms with Crippen molar-refractivity contribution in [2.45, 2.75) is 32.0 Å². The maximum absolute atomic E-state index is 12.3. The van der Waals surface area contributed by atoms with Gasteiger partial charge in [0.1, 0.15) is 0 Å². The van der Waals surface area contributed by atoms with Crippen molar-refractivity contribution in [1.82, 2.24) is 9.21 Å². The van der Waals surface area contributed by atoms with Crippen LogP contribution in [0, 0.1) is 5.92 Å². The summed E-state index contributed by atoms with van der Waals surface area (Å²) in [4.78, 5) is 13.7. The normalized spacial score (nSPS) is 29.9. The molecule has 2 heterocycles. The molecular formula is C12H22N2O5S. The summed E-state index contributed by atoms with van der Waals surface area (Å²) in [5.41, 5.74) is 0. The van der Waals surface area contributed by atoms with Crippen LogP contribution in [0.4, 0.5) is 0 Å². The Bertz CT molecular complexity index is 448. The molecule has 0 unspecified atom stereocenters. The van der Waals surface area contributed by atoms with Crippen molar-refractivity contribution in [2.24, 2.45) is 5.92 Å². The number of sulfonamides is 1. The van der Waals surface area contributed by atoms with Crippen LogP contribution in [0.25, 0.3) is 0 Å². The average Bonchev–Trinajstić information content (AvgIpc) is 2.78. The van der Waals surface area contributed by atoms with Crippen LogP contribution in [-0.4, -0.2) is 77.9 Å². The highest BCUT2D eigenvalue weighted by atomic mass is 32.2. The van der Waals surface area contributed by atoms with Gasteiger partial charge >= 0.3 is 0 Å². The molecule has 0 aromatic rings. The number of carbonyl (C=O) groups excluding carboxylic acids is 1. The maximum Gasteiger partial charge on any atom is 0.225 e. The standard InChI is InChI=1S/C12H22N2O5S/c1-2-20(18,19)14-5-3-9(4-6-14)12(17)13-7-10(15)11(16)8-13/h9-11,15-16H,2-8H2,1H3/t10-,11+. The third-order valence-corrected chi connectivity index (χ3v) is 6.01. The highest BCUT2D eigenvalue weighted by molar-refractivity contribution is 7.89. The maximum atomic E-state index is 12.3. The summed E-state index contributed by atoms with van der Waals surface area (Å²) in [7, 11) is -3.18. The molecule has 2 fully saturated rings. The molecule has 0 saturated carbocycles. The van der Waals surface area contributed by atoms with E-state index < -0.39 is 22.2 Å². The highest BCUT2D eigenvalue weighted by Gasteiger charge is 2.37. The van der Waals surface area contributed by atoms with Crippen molar-refractivity contribution in [3.05, 3.63) is 0 Å². The van der Waals surface area contributed by atoms with E-state index in [1.165, 1.54) is 9.21 Å². The van der Waals surface area contributed by atoms with Crippen LogP contribution in [0.15, 0.2) is 0 Å². The number of hydrogen-bond acceptors (Lipinski definition) is 5. The van der Waals surface area contributed by atoms with Gasteiger partial charge in [0.25, 0.3) is 0 Å². The van der Waals surface area contributed by atoms with Crippen LogP contribution in [0.2, 0.25) is 0 Å². The minimum atomic E-state index is -3.18. The first-order valence-electron chi connectivity index (χ1n) is 6.98. The first kappa shape index (κ1) is 15.7. The molecule has 2 atom stereocenters. The summed E-state index contributed by atoms with van der Waals surface area (Å²) < 4.78 is 24.9. The van der Waals surface area contributed by atoms with Crippen molar-refractivity contribution < 1.29 is 23.4 Å². The monoisotopic (exact) mass is 306 g/mol. The van der Waals surface area contributed by atoms with Crippen molar-refractivity contribution >= 4 is 15.9 Å². The van der Waals surface area contributed by atoms with Gasteiger partial charge in [0.05, 0.1) is 18.0 Å². The van der Waals surface area contributed by atoms with E-state index in [1.54, 1.807) is 6.92 Å². The molecule has 2 rings (SSSR count). The molecule has 2 aliphatic heterocycles. The molecule has 0 bridgehead atoms. The van der Waals surface area contributed by atoms with E-state index in [0.29, 0.717) is 25.9 Å². The van der Waals surface area contributed by atoms with Crippen LogP contribution in [0.5, 0.6) is 0 Å². The zero-order chi connectivity index (χ0) is 14.9. The lowest BCUT2D eigenvalue weighted by atomic mass is 9.97. The first-order chi connectivity index (χ1) is 9.35. The predicted octanol–water partition coefficient (Wildman–Crippen LogP) is -1.39. The summed E-state index contributed by atoms with van der Waals surface area (Å²) in [6.07, 6.45) is -0.749.